The Hall–Kier alpha value is -1.63. The van der Waals surface area contributed by atoms with E-state index in [1.54, 1.807) is 6.92 Å². The summed E-state index contributed by atoms with van der Waals surface area (Å²) in [6.07, 6.45) is 2.50. The van der Waals surface area contributed by atoms with Crippen molar-refractivity contribution in [3.8, 4) is 5.75 Å². The number of sulfone groups is 1. The molecule has 1 heterocycles. The standard InChI is InChI=1S/C11H16N2O4S/c1-8(7-18(3,16)17)13(2)11(15)10-9(14)5-4-6-12-10/h4-6,8,14H,7H2,1-3H3. The lowest BCUT2D eigenvalue weighted by Crippen LogP contribution is -2.39. The summed E-state index contributed by atoms with van der Waals surface area (Å²) in [5.74, 6) is -0.867. The van der Waals surface area contributed by atoms with E-state index in [0.29, 0.717) is 0 Å². The first-order valence-corrected chi connectivity index (χ1v) is 7.37. The van der Waals surface area contributed by atoms with Gasteiger partial charge < -0.3 is 10.0 Å². The molecular weight excluding hydrogens is 256 g/mol. The fourth-order valence-electron chi connectivity index (χ4n) is 1.48. The number of carbonyl (C=O) groups is 1. The van der Waals surface area contributed by atoms with Gasteiger partial charge in [0, 0.05) is 25.5 Å². The molecule has 1 N–H and O–H groups in total. The normalized spacial score (nSPS) is 13.1. The molecule has 0 aliphatic rings. The van der Waals surface area contributed by atoms with Crippen LogP contribution < -0.4 is 0 Å². The first-order chi connectivity index (χ1) is 8.22. The maximum atomic E-state index is 12.0. The van der Waals surface area contributed by atoms with Gasteiger partial charge in [-0.15, -0.1) is 0 Å². The molecule has 0 aliphatic carbocycles. The highest BCUT2D eigenvalue weighted by Gasteiger charge is 2.23. The van der Waals surface area contributed by atoms with Crippen LogP contribution in [0.1, 0.15) is 17.4 Å². The van der Waals surface area contributed by atoms with E-state index in [4.69, 9.17) is 0 Å². The SMILES string of the molecule is CC(CS(C)(=O)=O)N(C)C(=O)c1ncccc1O. The van der Waals surface area contributed by atoms with Crippen LogP contribution in [-0.4, -0.2) is 54.4 Å². The average molecular weight is 272 g/mol. The summed E-state index contributed by atoms with van der Waals surface area (Å²) in [5, 5.41) is 9.52. The molecule has 1 amide bonds. The molecule has 1 aromatic heterocycles. The summed E-state index contributed by atoms with van der Waals surface area (Å²) in [6, 6.07) is 2.37. The molecule has 1 unspecified atom stereocenters. The molecular formula is C11H16N2O4S. The molecule has 0 fully saturated rings. The number of hydrogen-bond acceptors (Lipinski definition) is 5. The predicted octanol–water partition coefficient (Wildman–Crippen LogP) is 0.292. The third-order valence-corrected chi connectivity index (χ3v) is 3.60. The van der Waals surface area contributed by atoms with Crippen molar-refractivity contribution >= 4 is 15.7 Å². The van der Waals surface area contributed by atoms with E-state index in [1.807, 2.05) is 0 Å². The molecule has 0 bridgehead atoms. The van der Waals surface area contributed by atoms with Crippen molar-refractivity contribution in [1.29, 1.82) is 0 Å². The van der Waals surface area contributed by atoms with Crippen LogP contribution in [0.25, 0.3) is 0 Å². The van der Waals surface area contributed by atoms with Gasteiger partial charge in [0.15, 0.2) is 5.69 Å². The minimum atomic E-state index is -3.17. The number of pyridine rings is 1. The highest BCUT2D eigenvalue weighted by molar-refractivity contribution is 7.90. The fourth-order valence-corrected chi connectivity index (χ4v) is 2.58. The van der Waals surface area contributed by atoms with Gasteiger partial charge in [-0.05, 0) is 19.1 Å². The van der Waals surface area contributed by atoms with Crippen molar-refractivity contribution in [2.24, 2.45) is 0 Å². The molecule has 18 heavy (non-hydrogen) atoms. The van der Waals surface area contributed by atoms with E-state index >= 15 is 0 Å². The summed E-state index contributed by atoms with van der Waals surface area (Å²) >= 11 is 0. The van der Waals surface area contributed by atoms with E-state index in [9.17, 15) is 18.3 Å². The largest absolute Gasteiger partial charge is 0.505 e. The molecule has 0 aliphatic heterocycles. The third kappa shape index (κ3) is 3.69. The summed E-state index contributed by atoms with van der Waals surface area (Å²) < 4.78 is 22.3. The number of rotatable bonds is 4. The average Bonchev–Trinajstić information content (AvgIpc) is 2.25. The van der Waals surface area contributed by atoms with E-state index in [0.717, 1.165) is 6.26 Å². The van der Waals surface area contributed by atoms with Gasteiger partial charge in [0.05, 0.1) is 5.75 Å². The summed E-state index contributed by atoms with van der Waals surface area (Å²) in [6.45, 7) is 1.62. The Morgan fingerprint density at radius 1 is 1.56 bits per heavy atom. The van der Waals surface area contributed by atoms with E-state index in [2.05, 4.69) is 4.98 Å². The van der Waals surface area contributed by atoms with Gasteiger partial charge in [-0.3, -0.25) is 4.79 Å². The number of carbonyl (C=O) groups excluding carboxylic acids is 1. The van der Waals surface area contributed by atoms with Gasteiger partial charge >= 0.3 is 0 Å². The Kier molecular flexibility index (Phi) is 4.28. The van der Waals surface area contributed by atoms with Crippen LogP contribution in [0.4, 0.5) is 0 Å². The Labute approximate surface area is 106 Å². The monoisotopic (exact) mass is 272 g/mol. The molecule has 0 saturated carbocycles. The maximum absolute atomic E-state index is 12.0. The Morgan fingerprint density at radius 3 is 2.67 bits per heavy atom. The van der Waals surface area contributed by atoms with Gasteiger partial charge in [0.1, 0.15) is 15.6 Å². The molecule has 1 aromatic rings. The molecule has 0 saturated heterocycles. The molecule has 1 rings (SSSR count). The van der Waals surface area contributed by atoms with Crippen molar-refractivity contribution < 1.29 is 18.3 Å². The minimum absolute atomic E-state index is 0.0830. The zero-order valence-corrected chi connectivity index (χ0v) is 11.3. The second-order valence-electron chi connectivity index (χ2n) is 4.23. The Bertz CT molecular complexity index is 542. The van der Waals surface area contributed by atoms with Crippen LogP contribution in [0, 0.1) is 0 Å². The number of aromatic nitrogens is 1. The number of nitrogens with zero attached hydrogens (tertiary/aromatic N) is 2. The van der Waals surface area contributed by atoms with Gasteiger partial charge in [-0.2, -0.15) is 0 Å². The topological polar surface area (TPSA) is 87.6 Å². The zero-order chi connectivity index (χ0) is 13.9. The van der Waals surface area contributed by atoms with Gasteiger partial charge in [-0.1, -0.05) is 0 Å². The molecule has 0 aromatic carbocycles. The predicted molar refractivity (Wildman–Crippen MR) is 67.2 cm³/mol. The lowest BCUT2D eigenvalue weighted by atomic mass is 10.2. The van der Waals surface area contributed by atoms with Crippen LogP contribution in [0.15, 0.2) is 18.3 Å². The van der Waals surface area contributed by atoms with E-state index < -0.39 is 21.8 Å². The molecule has 6 nitrogen and oxygen atoms in total. The summed E-state index contributed by atoms with van der Waals surface area (Å²) in [5.41, 5.74) is -0.0830. The van der Waals surface area contributed by atoms with Crippen LogP contribution in [0.3, 0.4) is 0 Å². The number of hydrogen-bond donors (Lipinski definition) is 1. The molecule has 0 radical (unpaired) electrons. The molecule has 1 atom stereocenters. The highest BCUT2D eigenvalue weighted by Crippen LogP contribution is 2.15. The van der Waals surface area contributed by atoms with Crippen molar-refractivity contribution in [2.75, 3.05) is 19.1 Å². The summed E-state index contributed by atoms with van der Waals surface area (Å²) in [7, 11) is -1.69. The minimum Gasteiger partial charge on any atom is -0.505 e. The number of amides is 1. The van der Waals surface area contributed by atoms with E-state index in [-0.39, 0.29) is 17.2 Å². The fraction of sp³-hybridized carbons (Fsp3) is 0.455. The number of aromatic hydroxyl groups is 1. The molecule has 100 valence electrons. The first-order valence-electron chi connectivity index (χ1n) is 5.31. The van der Waals surface area contributed by atoms with Crippen molar-refractivity contribution in [3.05, 3.63) is 24.0 Å². The van der Waals surface area contributed by atoms with Crippen molar-refractivity contribution in [1.82, 2.24) is 9.88 Å². The summed E-state index contributed by atoms with van der Waals surface area (Å²) in [4.78, 5) is 17.0. The molecule has 0 spiro atoms. The van der Waals surface area contributed by atoms with Crippen molar-refractivity contribution in [2.45, 2.75) is 13.0 Å². The Balaban J connectivity index is 2.88. The lowest BCUT2D eigenvalue weighted by molar-refractivity contribution is 0.0747. The quantitative estimate of drug-likeness (QED) is 0.851. The second-order valence-corrected chi connectivity index (χ2v) is 6.41. The Morgan fingerprint density at radius 2 is 2.17 bits per heavy atom. The third-order valence-electron chi connectivity index (χ3n) is 2.51. The second kappa shape index (κ2) is 5.34. The maximum Gasteiger partial charge on any atom is 0.276 e. The van der Waals surface area contributed by atoms with Crippen LogP contribution in [0.5, 0.6) is 5.75 Å². The molecule has 7 heteroatoms. The van der Waals surface area contributed by atoms with Crippen LogP contribution in [-0.2, 0) is 9.84 Å². The van der Waals surface area contributed by atoms with Gasteiger partial charge in [0.25, 0.3) is 5.91 Å². The van der Waals surface area contributed by atoms with Gasteiger partial charge in [-0.25, -0.2) is 13.4 Å². The highest BCUT2D eigenvalue weighted by atomic mass is 32.2. The zero-order valence-electron chi connectivity index (χ0n) is 10.5. The van der Waals surface area contributed by atoms with E-state index in [1.165, 1.54) is 30.3 Å². The van der Waals surface area contributed by atoms with Crippen LogP contribution >= 0.6 is 0 Å². The first kappa shape index (κ1) is 14.4. The van der Waals surface area contributed by atoms with Crippen molar-refractivity contribution in [3.63, 3.8) is 0 Å². The lowest BCUT2D eigenvalue weighted by Gasteiger charge is -2.24. The van der Waals surface area contributed by atoms with Gasteiger partial charge in [0.2, 0.25) is 0 Å². The smallest absolute Gasteiger partial charge is 0.276 e. The van der Waals surface area contributed by atoms with Crippen LogP contribution in [0.2, 0.25) is 0 Å².